The Morgan fingerprint density at radius 1 is 1.36 bits per heavy atom. The van der Waals surface area contributed by atoms with Gasteiger partial charge in [0.05, 0.1) is 5.10 Å². The monoisotopic (exact) mass is 362 g/mol. The highest BCUT2D eigenvalue weighted by Crippen LogP contribution is 2.30. The Balaban J connectivity index is 0.00000225. The van der Waals surface area contributed by atoms with Crippen molar-refractivity contribution in [1.29, 1.82) is 0 Å². The summed E-state index contributed by atoms with van der Waals surface area (Å²) in [5.74, 6) is 0.611. The molecule has 0 saturated carbocycles. The van der Waals surface area contributed by atoms with Gasteiger partial charge in [-0.05, 0) is 47.6 Å². The summed E-state index contributed by atoms with van der Waals surface area (Å²) in [6, 6.07) is 8.83. The molecule has 3 rings (SSSR count). The average molecular weight is 362 g/mol. The summed E-state index contributed by atoms with van der Waals surface area (Å²) in [4.78, 5) is 24.3. The number of nitrogens with zero attached hydrogens (tertiary/aromatic N) is 2. The second kappa shape index (κ2) is 7.73. The van der Waals surface area contributed by atoms with E-state index in [1.807, 2.05) is 13.0 Å². The molecule has 0 spiro atoms. The molecule has 0 amide bonds. The van der Waals surface area contributed by atoms with Crippen LogP contribution in [0.15, 0.2) is 45.1 Å². The summed E-state index contributed by atoms with van der Waals surface area (Å²) in [5.41, 5.74) is 1.90. The van der Waals surface area contributed by atoms with Gasteiger partial charge in [-0.15, -0.1) is 10.0 Å². The van der Waals surface area contributed by atoms with Crippen molar-refractivity contribution in [2.75, 3.05) is 5.75 Å². The molecular formula is C15H14N4O5S. The number of hydrogen-bond donors (Lipinski definition) is 2. The lowest BCUT2D eigenvalue weighted by molar-refractivity contribution is -0.415. The summed E-state index contributed by atoms with van der Waals surface area (Å²) in [7, 11) is 0. The molecule has 0 radical (unpaired) electrons. The Hall–Kier alpha value is -2.98. The Bertz CT molecular complexity index is 905. The lowest BCUT2D eigenvalue weighted by Crippen LogP contribution is -2.07. The summed E-state index contributed by atoms with van der Waals surface area (Å²) in [5, 5.41) is 18.9. The van der Waals surface area contributed by atoms with Gasteiger partial charge < -0.3 is 15.0 Å². The molecule has 0 fully saturated rings. The number of aryl methyl sites for hydroxylation is 1. The van der Waals surface area contributed by atoms with Crippen LogP contribution in [0.4, 0.5) is 5.69 Å². The Morgan fingerprint density at radius 2 is 2.12 bits per heavy atom. The van der Waals surface area contributed by atoms with E-state index in [2.05, 4.69) is 20.4 Å². The molecular weight excluding hydrogens is 348 g/mol. The quantitative estimate of drug-likeness (QED) is 0.505. The molecule has 130 valence electrons. The minimum absolute atomic E-state index is 0. The predicted octanol–water partition coefficient (Wildman–Crippen LogP) is 2.86. The van der Waals surface area contributed by atoms with Crippen molar-refractivity contribution >= 4 is 23.4 Å². The van der Waals surface area contributed by atoms with E-state index in [1.54, 1.807) is 24.3 Å². The third-order valence-corrected chi connectivity index (χ3v) is 4.14. The van der Waals surface area contributed by atoms with E-state index in [1.165, 1.54) is 0 Å². The van der Waals surface area contributed by atoms with Crippen LogP contribution in [-0.2, 0) is 4.79 Å². The fourth-order valence-corrected chi connectivity index (χ4v) is 2.62. The van der Waals surface area contributed by atoms with E-state index in [4.69, 9.17) is 9.52 Å². The third kappa shape index (κ3) is 4.11. The Morgan fingerprint density at radius 3 is 2.84 bits per heavy atom. The number of aromatic nitrogens is 3. The third-order valence-electron chi connectivity index (χ3n) is 3.28. The van der Waals surface area contributed by atoms with Gasteiger partial charge in [-0.25, -0.2) is 4.98 Å². The minimum atomic E-state index is -0.919. The molecule has 0 aliphatic heterocycles. The van der Waals surface area contributed by atoms with Gasteiger partial charge in [0.2, 0.25) is 5.76 Å². The molecule has 25 heavy (non-hydrogen) atoms. The SMILES string of the molecule is Cc1ccc(-c2ccc(-c3[nH]nc(SCC(=O)O)[nH+]3)o2)cc1N=O.[OH-]. The number of rotatable bonds is 6. The van der Waals surface area contributed by atoms with Gasteiger partial charge in [0, 0.05) is 5.56 Å². The maximum atomic E-state index is 10.8. The topological polar surface area (TPSA) is 153 Å². The normalized spacial score (nSPS) is 10.3. The molecule has 2 heterocycles. The molecule has 3 aromatic rings. The zero-order valence-corrected chi connectivity index (χ0v) is 13.8. The van der Waals surface area contributed by atoms with Crippen molar-refractivity contribution in [2.24, 2.45) is 5.18 Å². The minimum Gasteiger partial charge on any atom is -0.870 e. The first-order valence-corrected chi connectivity index (χ1v) is 7.92. The van der Waals surface area contributed by atoms with Crippen LogP contribution in [0.3, 0.4) is 0 Å². The molecule has 4 N–H and O–H groups in total. The van der Waals surface area contributed by atoms with Gasteiger partial charge in [-0.1, -0.05) is 12.1 Å². The number of nitroso groups, excluding NO2 is 1. The van der Waals surface area contributed by atoms with Crippen LogP contribution in [-0.4, -0.2) is 32.5 Å². The van der Waals surface area contributed by atoms with Gasteiger partial charge in [0.15, 0.2) is 0 Å². The van der Waals surface area contributed by atoms with Crippen LogP contribution in [0.2, 0.25) is 0 Å². The molecule has 1 aromatic carbocycles. The highest BCUT2D eigenvalue weighted by molar-refractivity contribution is 7.99. The largest absolute Gasteiger partial charge is 0.870 e. The first kappa shape index (κ1) is 18.4. The molecule has 0 aliphatic carbocycles. The van der Waals surface area contributed by atoms with Gasteiger partial charge in [-0.3, -0.25) is 4.79 Å². The summed E-state index contributed by atoms with van der Waals surface area (Å²) >= 11 is 1.07. The summed E-state index contributed by atoms with van der Waals surface area (Å²) in [6.45, 7) is 1.81. The number of nitrogens with one attached hydrogen (secondary N) is 2. The standard InChI is InChI=1S/C15H12N4O4S.H2O/c1-8-2-3-9(6-10(8)19-22)11-4-5-12(23-11)14-16-15(18-17-14)24-7-13(20)21;/h2-6H,7H2,1H3,(H,20,21)(H,16,17,18);1H2. The molecule has 9 nitrogen and oxygen atoms in total. The van der Waals surface area contributed by atoms with E-state index < -0.39 is 5.97 Å². The van der Waals surface area contributed by atoms with Crippen molar-refractivity contribution in [3.05, 3.63) is 40.8 Å². The number of carbonyl (C=O) groups is 1. The van der Waals surface area contributed by atoms with E-state index in [-0.39, 0.29) is 11.2 Å². The molecule has 0 atom stereocenters. The highest BCUT2D eigenvalue weighted by atomic mass is 32.2. The highest BCUT2D eigenvalue weighted by Gasteiger charge is 2.18. The summed E-state index contributed by atoms with van der Waals surface area (Å²) < 4.78 is 5.76. The molecule has 0 aliphatic rings. The van der Waals surface area contributed by atoms with Crippen LogP contribution >= 0.6 is 11.8 Å². The second-order valence-corrected chi connectivity index (χ2v) is 5.93. The fraction of sp³-hybridized carbons (Fsp3) is 0.133. The first-order valence-electron chi connectivity index (χ1n) is 6.93. The van der Waals surface area contributed by atoms with E-state index in [9.17, 15) is 9.70 Å². The summed E-state index contributed by atoms with van der Waals surface area (Å²) in [6.07, 6.45) is 0. The van der Waals surface area contributed by atoms with Crippen molar-refractivity contribution in [2.45, 2.75) is 12.1 Å². The Kier molecular flexibility index (Phi) is 5.67. The Labute approximate surface area is 145 Å². The number of aromatic amines is 2. The maximum Gasteiger partial charge on any atom is 0.335 e. The number of carboxylic acids is 1. The van der Waals surface area contributed by atoms with Crippen LogP contribution in [0.25, 0.3) is 22.9 Å². The molecule has 0 unspecified atom stereocenters. The zero-order chi connectivity index (χ0) is 17.1. The second-order valence-electron chi connectivity index (χ2n) is 4.97. The average Bonchev–Trinajstić information content (AvgIpc) is 3.22. The fourth-order valence-electron chi connectivity index (χ4n) is 2.07. The number of aliphatic carboxylic acids is 1. The van der Waals surface area contributed by atoms with Crippen molar-refractivity contribution in [1.82, 2.24) is 10.2 Å². The van der Waals surface area contributed by atoms with Crippen LogP contribution in [0.1, 0.15) is 5.56 Å². The van der Waals surface area contributed by atoms with E-state index >= 15 is 0 Å². The number of thioether (sulfide) groups is 1. The van der Waals surface area contributed by atoms with Gasteiger partial charge >= 0.3 is 11.1 Å². The number of H-pyrrole nitrogens is 2. The van der Waals surface area contributed by atoms with Crippen LogP contribution in [0, 0.1) is 11.8 Å². The number of carboxylic acid groups (broad SMARTS) is 1. The van der Waals surface area contributed by atoms with Crippen LogP contribution in [0.5, 0.6) is 0 Å². The molecule has 10 heteroatoms. The molecule has 2 aromatic heterocycles. The maximum absolute atomic E-state index is 10.8. The van der Waals surface area contributed by atoms with Gasteiger partial charge in [0.1, 0.15) is 17.2 Å². The predicted molar refractivity (Wildman–Crippen MR) is 88.8 cm³/mol. The van der Waals surface area contributed by atoms with E-state index in [0.717, 1.165) is 22.9 Å². The number of benzene rings is 1. The van der Waals surface area contributed by atoms with Crippen molar-refractivity contribution < 1.29 is 24.8 Å². The smallest absolute Gasteiger partial charge is 0.335 e. The first-order chi connectivity index (χ1) is 11.6. The van der Waals surface area contributed by atoms with Gasteiger partial charge in [0.25, 0.3) is 5.82 Å². The van der Waals surface area contributed by atoms with Crippen LogP contribution < -0.4 is 4.98 Å². The number of hydrogen-bond acceptors (Lipinski definition) is 7. The number of furan rings is 1. The van der Waals surface area contributed by atoms with Crippen molar-refractivity contribution in [3.8, 4) is 22.9 Å². The lowest BCUT2D eigenvalue weighted by Gasteiger charge is -2.00. The molecule has 0 bridgehead atoms. The van der Waals surface area contributed by atoms with E-state index in [0.29, 0.717) is 28.2 Å². The lowest BCUT2D eigenvalue weighted by atomic mass is 10.1. The molecule has 0 saturated heterocycles. The zero-order valence-electron chi connectivity index (χ0n) is 13.0. The van der Waals surface area contributed by atoms with Crippen molar-refractivity contribution in [3.63, 3.8) is 0 Å². The van der Waals surface area contributed by atoms with Gasteiger partial charge in [-0.2, -0.15) is 0 Å².